The van der Waals surface area contributed by atoms with E-state index >= 15 is 0 Å². The maximum absolute atomic E-state index is 13.0. The van der Waals surface area contributed by atoms with Crippen LogP contribution in [0.3, 0.4) is 0 Å². The van der Waals surface area contributed by atoms with Gasteiger partial charge >= 0.3 is 0 Å². The number of carbonyl (C=O) groups is 1. The third kappa shape index (κ3) is 5.61. The number of nitrogens with one attached hydrogen (secondary N) is 2. The highest BCUT2D eigenvalue weighted by atomic mass is 35.5. The zero-order chi connectivity index (χ0) is 17.4. The number of methoxy groups -OCH3 is 1. The fraction of sp³-hybridized carbons (Fsp3) is 0.588. The molecule has 0 saturated carbocycles. The van der Waals surface area contributed by atoms with Crippen molar-refractivity contribution in [1.82, 2.24) is 10.6 Å². The van der Waals surface area contributed by atoms with E-state index in [1.807, 2.05) is 0 Å². The van der Waals surface area contributed by atoms with E-state index < -0.39 is 5.82 Å². The molecule has 0 aromatic heterocycles. The summed E-state index contributed by atoms with van der Waals surface area (Å²) in [5.41, 5.74) is -0.00319. The minimum atomic E-state index is -0.421. The number of piperidine rings is 1. The van der Waals surface area contributed by atoms with Crippen molar-refractivity contribution >= 4 is 17.5 Å². The van der Waals surface area contributed by atoms with Crippen molar-refractivity contribution in [2.45, 2.75) is 19.3 Å². The van der Waals surface area contributed by atoms with Crippen molar-refractivity contribution < 1.29 is 18.7 Å². The van der Waals surface area contributed by atoms with E-state index in [-0.39, 0.29) is 29.4 Å². The predicted octanol–water partition coefficient (Wildman–Crippen LogP) is 2.38. The van der Waals surface area contributed by atoms with Crippen LogP contribution < -0.4 is 15.4 Å². The van der Waals surface area contributed by atoms with Crippen LogP contribution >= 0.6 is 11.6 Å². The summed E-state index contributed by atoms with van der Waals surface area (Å²) in [5.74, 6) is -0.127. The van der Waals surface area contributed by atoms with Gasteiger partial charge in [0.05, 0.1) is 24.7 Å². The molecule has 0 radical (unpaired) electrons. The molecule has 0 spiro atoms. The number of carbonyl (C=O) groups excluding carboxylic acids is 1. The summed E-state index contributed by atoms with van der Waals surface area (Å²) in [6.07, 6.45) is 2.17. The Labute approximate surface area is 146 Å². The highest BCUT2D eigenvalue weighted by Crippen LogP contribution is 2.28. The Morgan fingerprint density at radius 2 is 2.17 bits per heavy atom. The number of benzene rings is 1. The monoisotopic (exact) mass is 358 g/mol. The van der Waals surface area contributed by atoms with E-state index in [0.717, 1.165) is 25.9 Å². The highest BCUT2D eigenvalue weighted by molar-refractivity contribution is 6.32. The number of hydrogen-bond donors (Lipinski definition) is 2. The molecule has 1 aromatic rings. The number of halogens is 2. The van der Waals surface area contributed by atoms with Gasteiger partial charge in [0.25, 0.3) is 0 Å². The standard InChI is InChI=1S/C17H24ClFN2O3/c1-23-12-17(5-7-20-8-6-17)11-21-16(22)4-9-24-15-3-2-13(19)10-14(15)18/h2-3,10,20H,4-9,11-12H2,1H3,(H,21,22). The topological polar surface area (TPSA) is 59.6 Å². The van der Waals surface area contributed by atoms with Gasteiger partial charge in [-0.25, -0.2) is 4.39 Å². The number of rotatable bonds is 8. The smallest absolute Gasteiger partial charge is 0.223 e. The molecular weight excluding hydrogens is 335 g/mol. The maximum Gasteiger partial charge on any atom is 0.223 e. The van der Waals surface area contributed by atoms with E-state index in [2.05, 4.69) is 10.6 Å². The molecule has 24 heavy (non-hydrogen) atoms. The quantitative estimate of drug-likeness (QED) is 0.749. The molecule has 1 heterocycles. The molecule has 1 amide bonds. The number of hydrogen-bond acceptors (Lipinski definition) is 4. The van der Waals surface area contributed by atoms with Gasteiger partial charge in [-0.05, 0) is 44.1 Å². The summed E-state index contributed by atoms with van der Waals surface area (Å²) >= 11 is 5.88. The first-order valence-electron chi connectivity index (χ1n) is 8.09. The van der Waals surface area contributed by atoms with Crippen molar-refractivity contribution in [3.8, 4) is 5.75 Å². The van der Waals surface area contributed by atoms with Crippen LogP contribution in [0.1, 0.15) is 19.3 Å². The Kier molecular flexibility index (Phi) is 7.27. The lowest BCUT2D eigenvalue weighted by molar-refractivity contribution is -0.122. The molecule has 1 aliphatic rings. The highest BCUT2D eigenvalue weighted by Gasteiger charge is 2.32. The molecule has 1 aliphatic heterocycles. The molecule has 1 aromatic carbocycles. The number of amides is 1. The average molecular weight is 359 g/mol. The molecule has 5 nitrogen and oxygen atoms in total. The van der Waals surface area contributed by atoms with Crippen LogP contribution in [-0.4, -0.2) is 45.9 Å². The third-order valence-corrected chi connectivity index (χ3v) is 4.55. The van der Waals surface area contributed by atoms with E-state index in [9.17, 15) is 9.18 Å². The molecule has 1 saturated heterocycles. The summed E-state index contributed by atoms with van der Waals surface area (Å²) in [6.45, 7) is 3.29. The normalized spacial score (nSPS) is 16.6. The van der Waals surface area contributed by atoms with E-state index in [1.165, 1.54) is 18.2 Å². The van der Waals surface area contributed by atoms with Crippen molar-refractivity contribution in [1.29, 1.82) is 0 Å². The van der Waals surface area contributed by atoms with E-state index in [0.29, 0.717) is 18.9 Å². The summed E-state index contributed by atoms with van der Waals surface area (Å²) in [5, 5.41) is 6.49. The van der Waals surface area contributed by atoms with Crippen LogP contribution in [0.25, 0.3) is 0 Å². The van der Waals surface area contributed by atoms with E-state index in [1.54, 1.807) is 7.11 Å². The zero-order valence-corrected chi connectivity index (χ0v) is 14.6. The first-order chi connectivity index (χ1) is 11.5. The van der Waals surface area contributed by atoms with Gasteiger partial charge in [0.1, 0.15) is 11.6 Å². The lowest BCUT2D eigenvalue weighted by Gasteiger charge is -2.37. The van der Waals surface area contributed by atoms with Gasteiger partial charge in [-0.2, -0.15) is 0 Å². The molecule has 2 rings (SSSR count). The van der Waals surface area contributed by atoms with E-state index in [4.69, 9.17) is 21.1 Å². The van der Waals surface area contributed by atoms with Crippen LogP contribution in [0.5, 0.6) is 5.75 Å². The molecule has 134 valence electrons. The van der Waals surface area contributed by atoms with Crippen molar-refractivity contribution in [2.24, 2.45) is 5.41 Å². The lowest BCUT2D eigenvalue weighted by atomic mass is 9.79. The SMILES string of the molecule is COCC1(CNC(=O)CCOc2ccc(F)cc2Cl)CCNCC1. The Bertz CT molecular complexity index is 545. The van der Waals surface area contributed by atoms with Crippen LogP contribution in [0.2, 0.25) is 5.02 Å². The maximum atomic E-state index is 13.0. The second kappa shape index (κ2) is 9.20. The molecule has 1 fully saturated rings. The zero-order valence-electron chi connectivity index (χ0n) is 13.9. The Balaban J connectivity index is 1.74. The van der Waals surface area contributed by atoms with Crippen molar-refractivity contribution in [3.63, 3.8) is 0 Å². The molecule has 0 unspecified atom stereocenters. The van der Waals surface area contributed by atoms with Crippen molar-refractivity contribution in [2.75, 3.05) is 40.0 Å². The minimum absolute atomic E-state index is 0.00319. The van der Waals surface area contributed by atoms with Gasteiger partial charge in [-0.15, -0.1) is 0 Å². The largest absolute Gasteiger partial charge is 0.491 e. The van der Waals surface area contributed by atoms with Gasteiger partial charge in [0.15, 0.2) is 0 Å². The average Bonchev–Trinajstić information content (AvgIpc) is 2.56. The Morgan fingerprint density at radius 3 is 2.83 bits per heavy atom. The van der Waals surface area contributed by atoms with Gasteiger partial charge in [0, 0.05) is 19.1 Å². The minimum Gasteiger partial charge on any atom is -0.491 e. The predicted molar refractivity (Wildman–Crippen MR) is 90.9 cm³/mol. The van der Waals surface area contributed by atoms with Crippen LogP contribution in [-0.2, 0) is 9.53 Å². The molecule has 0 bridgehead atoms. The number of ether oxygens (including phenoxy) is 2. The second-order valence-corrected chi connectivity index (χ2v) is 6.54. The van der Waals surface area contributed by atoms with Crippen molar-refractivity contribution in [3.05, 3.63) is 29.0 Å². The van der Waals surface area contributed by atoms with Crippen LogP contribution in [0.4, 0.5) is 4.39 Å². The molecule has 0 aliphatic carbocycles. The van der Waals surface area contributed by atoms with Crippen LogP contribution in [0, 0.1) is 11.2 Å². The fourth-order valence-corrected chi connectivity index (χ4v) is 3.08. The Hall–Kier alpha value is -1.37. The summed E-state index contributed by atoms with van der Waals surface area (Å²) in [7, 11) is 1.69. The summed E-state index contributed by atoms with van der Waals surface area (Å²) in [6, 6.07) is 3.91. The molecule has 7 heteroatoms. The first kappa shape index (κ1) is 19.0. The molecular formula is C17H24ClFN2O3. The molecule has 2 N–H and O–H groups in total. The third-order valence-electron chi connectivity index (χ3n) is 4.26. The summed E-state index contributed by atoms with van der Waals surface area (Å²) in [4.78, 5) is 12.0. The fourth-order valence-electron chi connectivity index (χ4n) is 2.86. The van der Waals surface area contributed by atoms with Crippen LogP contribution in [0.15, 0.2) is 18.2 Å². The van der Waals surface area contributed by atoms with Gasteiger partial charge < -0.3 is 20.1 Å². The second-order valence-electron chi connectivity index (χ2n) is 6.13. The van der Waals surface area contributed by atoms with Gasteiger partial charge in [0.2, 0.25) is 5.91 Å². The Morgan fingerprint density at radius 1 is 1.42 bits per heavy atom. The lowest BCUT2D eigenvalue weighted by Crippen LogP contribution is -2.47. The molecule has 0 atom stereocenters. The van der Waals surface area contributed by atoms with Gasteiger partial charge in [-0.3, -0.25) is 4.79 Å². The first-order valence-corrected chi connectivity index (χ1v) is 8.47. The summed E-state index contributed by atoms with van der Waals surface area (Å²) < 4.78 is 23.7. The van der Waals surface area contributed by atoms with Gasteiger partial charge in [-0.1, -0.05) is 11.6 Å².